The molecular formula is C30H34Cl2N2O2S. The van der Waals surface area contributed by atoms with Crippen molar-refractivity contribution in [1.29, 1.82) is 0 Å². The summed E-state index contributed by atoms with van der Waals surface area (Å²) in [6, 6.07) is 22.6. The summed E-state index contributed by atoms with van der Waals surface area (Å²) in [5.74, 6) is 0.497. The first-order chi connectivity index (χ1) is 17.9. The third-order valence-corrected chi connectivity index (χ3v) is 7.89. The van der Waals surface area contributed by atoms with Crippen LogP contribution in [0.4, 0.5) is 0 Å². The average Bonchev–Trinajstić information content (AvgIpc) is 2.89. The summed E-state index contributed by atoms with van der Waals surface area (Å²) in [6.45, 7) is 5.06. The van der Waals surface area contributed by atoms with Crippen LogP contribution in [0.1, 0.15) is 42.0 Å². The Labute approximate surface area is 234 Å². The summed E-state index contributed by atoms with van der Waals surface area (Å²) < 4.78 is 0. The average molecular weight is 558 g/mol. The molecule has 1 N–H and O–H groups in total. The van der Waals surface area contributed by atoms with Gasteiger partial charge in [-0.3, -0.25) is 9.59 Å². The zero-order chi connectivity index (χ0) is 26.6. The lowest BCUT2D eigenvalue weighted by atomic mass is 10.0. The zero-order valence-corrected chi connectivity index (χ0v) is 23.7. The van der Waals surface area contributed by atoms with Crippen LogP contribution in [0.2, 0.25) is 10.0 Å². The van der Waals surface area contributed by atoms with Crippen LogP contribution < -0.4 is 5.32 Å². The van der Waals surface area contributed by atoms with Crippen LogP contribution in [-0.2, 0) is 28.3 Å². The second kappa shape index (κ2) is 15.1. The highest BCUT2D eigenvalue weighted by molar-refractivity contribution is 7.99. The fourth-order valence-electron chi connectivity index (χ4n) is 4.02. The molecule has 0 heterocycles. The van der Waals surface area contributed by atoms with Gasteiger partial charge in [0.2, 0.25) is 11.8 Å². The third-order valence-electron chi connectivity index (χ3n) is 6.24. The number of hydrogen-bond acceptors (Lipinski definition) is 3. The van der Waals surface area contributed by atoms with Crippen molar-refractivity contribution in [2.45, 2.75) is 51.4 Å². The van der Waals surface area contributed by atoms with Crippen LogP contribution in [0, 0.1) is 6.92 Å². The number of carbonyl (C=O) groups excluding carboxylic acids is 2. The number of aryl methyl sites for hydroxylation is 1. The minimum atomic E-state index is -0.629. The Morgan fingerprint density at radius 2 is 1.62 bits per heavy atom. The van der Waals surface area contributed by atoms with Gasteiger partial charge in [0, 0.05) is 35.3 Å². The molecule has 37 heavy (non-hydrogen) atoms. The van der Waals surface area contributed by atoms with Gasteiger partial charge < -0.3 is 10.2 Å². The number of nitrogens with one attached hydrogen (secondary N) is 1. The number of thioether (sulfide) groups is 1. The molecule has 1 atom stereocenters. The second-order valence-electron chi connectivity index (χ2n) is 8.99. The molecule has 7 heteroatoms. The molecule has 0 fully saturated rings. The lowest BCUT2D eigenvalue weighted by Crippen LogP contribution is -2.51. The maximum Gasteiger partial charge on any atom is 0.243 e. The minimum absolute atomic E-state index is 0.0944. The summed E-state index contributed by atoms with van der Waals surface area (Å²) in [6.07, 6.45) is 2.32. The fourth-order valence-corrected chi connectivity index (χ4v) is 5.67. The maximum absolute atomic E-state index is 13.7. The van der Waals surface area contributed by atoms with Crippen molar-refractivity contribution in [3.63, 3.8) is 0 Å². The third kappa shape index (κ3) is 8.80. The lowest BCUT2D eigenvalue weighted by Gasteiger charge is -2.32. The molecule has 4 nitrogen and oxygen atoms in total. The van der Waals surface area contributed by atoms with Crippen molar-refractivity contribution in [1.82, 2.24) is 10.2 Å². The lowest BCUT2D eigenvalue weighted by molar-refractivity contribution is -0.139. The van der Waals surface area contributed by atoms with Gasteiger partial charge >= 0.3 is 0 Å². The van der Waals surface area contributed by atoms with Gasteiger partial charge in [0.05, 0.1) is 5.75 Å². The molecule has 0 aliphatic carbocycles. The molecule has 2 amide bonds. The Kier molecular flexibility index (Phi) is 11.8. The van der Waals surface area contributed by atoms with Gasteiger partial charge in [-0.05, 0) is 47.7 Å². The van der Waals surface area contributed by atoms with E-state index in [1.807, 2.05) is 61.5 Å². The molecule has 0 bridgehead atoms. The number of benzene rings is 3. The maximum atomic E-state index is 13.7. The number of nitrogens with zero attached hydrogens (tertiary/aromatic N) is 1. The minimum Gasteiger partial charge on any atom is -0.354 e. The summed E-state index contributed by atoms with van der Waals surface area (Å²) in [5.41, 5.74) is 3.93. The molecule has 196 valence electrons. The Balaban J connectivity index is 1.86. The molecule has 0 unspecified atom stereocenters. The highest BCUT2D eigenvalue weighted by Gasteiger charge is 2.30. The highest BCUT2D eigenvalue weighted by atomic mass is 35.5. The van der Waals surface area contributed by atoms with Crippen LogP contribution in [0.15, 0.2) is 72.8 Å². The van der Waals surface area contributed by atoms with E-state index in [4.69, 9.17) is 23.2 Å². The monoisotopic (exact) mass is 556 g/mol. The smallest absolute Gasteiger partial charge is 0.243 e. The molecular weight excluding hydrogens is 523 g/mol. The molecule has 3 aromatic carbocycles. The van der Waals surface area contributed by atoms with Crippen molar-refractivity contribution in [2.24, 2.45) is 0 Å². The number of rotatable bonds is 13. The molecule has 0 saturated carbocycles. The predicted octanol–water partition coefficient (Wildman–Crippen LogP) is 7.09. The fraction of sp³-hybridized carbons (Fsp3) is 0.333. The molecule has 0 aromatic heterocycles. The van der Waals surface area contributed by atoms with Gasteiger partial charge in [0.1, 0.15) is 6.04 Å². The Hall–Kier alpha value is -2.47. The standard InChI is InChI=1S/C30H34Cl2N2O2S/c1-3-4-17-33-30(36)28(18-23-12-6-5-7-13-23)34(19-24-14-9-8-11-22(24)2)29(35)21-37-20-25-26(31)15-10-16-27(25)32/h5-16,28H,3-4,17-21H2,1-2H3,(H,33,36)/t28-/m0/s1. The number of carbonyl (C=O) groups is 2. The number of amides is 2. The Morgan fingerprint density at radius 3 is 2.30 bits per heavy atom. The number of halogens is 2. The van der Waals surface area contributed by atoms with Crippen LogP contribution in [0.25, 0.3) is 0 Å². The molecule has 3 rings (SSSR count). The van der Waals surface area contributed by atoms with Crippen molar-refractivity contribution in [3.05, 3.63) is 105 Å². The Morgan fingerprint density at radius 1 is 0.946 bits per heavy atom. The zero-order valence-electron chi connectivity index (χ0n) is 21.4. The molecule has 0 saturated heterocycles. The van der Waals surface area contributed by atoms with E-state index in [0.717, 1.165) is 35.1 Å². The van der Waals surface area contributed by atoms with Crippen LogP contribution in [-0.4, -0.2) is 35.1 Å². The van der Waals surface area contributed by atoms with E-state index in [1.54, 1.807) is 23.1 Å². The first-order valence-corrected chi connectivity index (χ1v) is 14.5. The summed E-state index contributed by atoms with van der Waals surface area (Å²) in [4.78, 5) is 29.0. The second-order valence-corrected chi connectivity index (χ2v) is 10.8. The molecule has 0 aliphatic rings. The van der Waals surface area contributed by atoms with E-state index in [1.165, 1.54) is 11.8 Å². The van der Waals surface area contributed by atoms with Gasteiger partial charge in [-0.1, -0.05) is 97.2 Å². The number of unbranched alkanes of at least 4 members (excludes halogenated alkanes) is 1. The molecule has 0 aliphatic heterocycles. The van der Waals surface area contributed by atoms with E-state index >= 15 is 0 Å². The normalized spacial score (nSPS) is 11.7. The van der Waals surface area contributed by atoms with E-state index < -0.39 is 6.04 Å². The summed E-state index contributed by atoms with van der Waals surface area (Å²) in [5, 5.41) is 4.23. The molecule has 0 radical (unpaired) electrons. The van der Waals surface area contributed by atoms with Crippen molar-refractivity contribution in [3.8, 4) is 0 Å². The van der Waals surface area contributed by atoms with Gasteiger partial charge in [-0.15, -0.1) is 11.8 Å². The largest absolute Gasteiger partial charge is 0.354 e. The molecule has 0 spiro atoms. The first kappa shape index (κ1) is 29.1. The van der Waals surface area contributed by atoms with Gasteiger partial charge in [0.25, 0.3) is 0 Å². The summed E-state index contributed by atoms with van der Waals surface area (Å²) >= 11 is 14.1. The van der Waals surface area contributed by atoms with Gasteiger partial charge in [0.15, 0.2) is 0 Å². The van der Waals surface area contributed by atoms with Crippen molar-refractivity contribution < 1.29 is 9.59 Å². The first-order valence-electron chi connectivity index (χ1n) is 12.6. The van der Waals surface area contributed by atoms with Gasteiger partial charge in [-0.2, -0.15) is 0 Å². The van der Waals surface area contributed by atoms with E-state index in [0.29, 0.717) is 35.3 Å². The van der Waals surface area contributed by atoms with E-state index in [9.17, 15) is 9.59 Å². The van der Waals surface area contributed by atoms with Crippen molar-refractivity contribution >= 4 is 46.8 Å². The number of hydrogen-bond donors (Lipinski definition) is 1. The van der Waals surface area contributed by atoms with E-state index in [2.05, 4.69) is 12.2 Å². The summed E-state index contributed by atoms with van der Waals surface area (Å²) in [7, 11) is 0. The topological polar surface area (TPSA) is 49.4 Å². The predicted molar refractivity (Wildman–Crippen MR) is 156 cm³/mol. The van der Waals surface area contributed by atoms with Crippen LogP contribution in [0.5, 0.6) is 0 Å². The van der Waals surface area contributed by atoms with E-state index in [-0.39, 0.29) is 17.6 Å². The van der Waals surface area contributed by atoms with Gasteiger partial charge in [-0.25, -0.2) is 0 Å². The highest BCUT2D eigenvalue weighted by Crippen LogP contribution is 2.28. The van der Waals surface area contributed by atoms with Crippen molar-refractivity contribution in [2.75, 3.05) is 12.3 Å². The SMILES string of the molecule is CCCCNC(=O)[C@H](Cc1ccccc1)N(Cc1ccccc1C)C(=O)CSCc1c(Cl)cccc1Cl. The Bertz CT molecular complexity index is 1150. The van der Waals surface area contributed by atoms with Crippen LogP contribution in [0.3, 0.4) is 0 Å². The quantitative estimate of drug-likeness (QED) is 0.228. The van der Waals surface area contributed by atoms with Crippen LogP contribution >= 0.6 is 35.0 Å². The molecule has 3 aromatic rings.